The van der Waals surface area contributed by atoms with Gasteiger partial charge in [-0.15, -0.1) is 0 Å². The van der Waals surface area contributed by atoms with Gasteiger partial charge in [-0.3, -0.25) is 9.89 Å². The molecule has 0 amide bonds. The molecule has 3 aromatic heterocycles. The molecule has 2 aromatic carbocycles. The third kappa shape index (κ3) is 5.39. The molecule has 1 unspecified atom stereocenters. The Bertz CT molecular complexity index is 1830. The summed E-state index contributed by atoms with van der Waals surface area (Å²) >= 11 is 0. The predicted octanol–water partition coefficient (Wildman–Crippen LogP) is 6.09. The number of aromatic nitrogens is 4. The molecular weight excluding hydrogens is 548 g/mol. The van der Waals surface area contributed by atoms with Gasteiger partial charge in [0.2, 0.25) is 5.95 Å². The van der Waals surface area contributed by atoms with Gasteiger partial charge in [0, 0.05) is 80.9 Å². The molecule has 7 rings (SSSR count). The molecule has 2 aliphatic heterocycles. The third-order valence-corrected chi connectivity index (χ3v) is 8.98. The van der Waals surface area contributed by atoms with E-state index in [9.17, 15) is 0 Å². The lowest BCUT2D eigenvalue weighted by molar-refractivity contribution is 0.240. The lowest BCUT2D eigenvalue weighted by atomic mass is 9.98. The van der Waals surface area contributed by atoms with Crippen molar-refractivity contribution in [2.75, 3.05) is 31.1 Å². The van der Waals surface area contributed by atoms with Crippen LogP contribution in [0.4, 0.5) is 5.95 Å². The normalized spacial score (nSPS) is 18.2. The Kier molecular flexibility index (Phi) is 7.47. The number of anilines is 1. The molecule has 9 nitrogen and oxygen atoms in total. The van der Waals surface area contributed by atoms with Crippen molar-refractivity contribution in [1.29, 1.82) is 0 Å². The molecule has 0 spiro atoms. The average Bonchev–Trinajstić information content (AvgIpc) is 3.65. The molecule has 1 fully saturated rings. The van der Waals surface area contributed by atoms with Gasteiger partial charge in [-0.25, -0.2) is 15.0 Å². The summed E-state index contributed by atoms with van der Waals surface area (Å²) in [4.78, 5) is 25.9. The van der Waals surface area contributed by atoms with Gasteiger partial charge in [-0.1, -0.05) is 18.2 Å². The van der Waals surface area contributed by atoms with Gasteiger partial charge >= 0.3 is 0 Å². The molecule has 44 heavy (non-hydrogen) atoms. The van der Waals surface area contributed by atoms with Crippen molar-refractivity contribution in [3.63, 3.8) is 0 Å². The Balaban J connectivity index is 1.06. The van der Waals surface area contributed by atoms with Crippen molar-refractivity contribution in [1.82, 2.24) is 29.3 Å². The number of furan rings is 1. The van der Waals surface area contributed by atoms with Gasteiger partial charge in [0.15, 0.2) is 0 Å². The molecule has 0 bridgehead atoms. The van der Waals surface area contributed by atoms with Gasteiger partial charge in [0.25, 0.3) is 0 Å². The van der Waals surface area contributed by atoms with Crippen LogP contribution >= 0.6 is 0 Å². The summed E-state index contributed by atoms with van der Waals surface area (Å²) in [5.74, 6) is 1.88. The van der Waals surface area contributed by atoms with E-state index < -0.39 is 0 Å². The van der Waals surface area contributed by atoms with E-state index in [0.717, 1.165) is 83.4 Å². The summed E-state index contributed by atoms with van der Waals surface area (Å²) in [5, 5.41) is 1.14. The van der Waals surface area contributed by atoms with E-state index in [2.05, 4.69) is 93.6 Å². The highest BCUT2D eigenvalue weighted by Gasteiger charge is 2.27. The Morgan fingerprint density at radius 2 is 1.77 bits per heavy atom. The summed E-state index contributed by atoms with van der Waals surface area (Å²) in [6.45, 7) is 11.1. The molecular formula is C35H38N8O. The second-order valence-corrected chi connectivity index (χ2v) is 11.8. The van der Waals surface area contributed by atoms with Crippen LogP contribution in [0.15, 0.2) is 89.0 Å². The fourth-order valence-electron chi connectivity index (χ4n) is 6.32. The SMILES string of the molecule is Cc1coc2ccc(C3=CC=NC(C)N3[C@@H](C)c3cccc(-c4cnc(N5CCN(Cc6nccn6C)CC5)nc4)c3)cc12. The number of allylic oxidation sites excluding steroid dienone is 1. The monoisotopic (exact) mass is 586 g/mol. The maximum Gasteiger partial charge on any atom is 0.225 e. The topological polar surface area (TPSA) is 78.8 Å². The fourth-order valence-corrected chi connectivity index (χ4v) is 6.32. The first-order valence-electron chi connectivity index (χ1n) is 15.3. The molecule has 0 aliphatic carbocycles. The number of hydrogen-bond acceptors (Lipinski definition) is 8. The standard InChI is InChI=1S/C35H38N8O/c1-24-23-44-33-9-8-29(19-31(24)33)32-10-11-36-26(3)43(32)25(2)27-6-5-7-28(18-27)30-20-38-35(39-21-30)42-16-14-41(15-17-42)22-34-37-12-13-40(34)4/h5-13,18-21,23,25-26H,14-17,22H2,1-4H3/t25-,26?/m0/s1. The minimum atomic E-state index is 0.00149. The number of hydrogen-bond donors (Lipinski definition) is 0. The van der Waals surface area contributed by atoms with E-state index in [1.165, 1.54) is 5.56 Å². The van der Waals surface area contributed by atoms with E-state index in [-0.39, 0.29) is 12.2 Å². The Labute approximate surface area is 258 Å². The number of imidazole rings is 1. The molecule has 0 saturated carbocycles. The highest BCUT2D eigenvalue weighted by molar-refractivity contribution is 5.90. The Morgan fingerprint density at radius 3 is 2.55 bits per heavy atom. The second kappa shape index (κ2) is 11.7. The Morgan fingerprint density at radius 1 is 0.955 bits per heavy atom. The van der Waals surface area contributed by atoms with Gasteiger partial charge < -0.3 is 18.8 Å². The van der Waals surface area contributed by atoms with Crippen molar-refractivity contribution >= 4 is 28.8 Å². The van der Waals surface area contributed by atoms with Crippen molar-refractivity contribution in [2.24, 2.45) is 12.0 Å². The number of aliphatic imine (C=N–C) groups is 1. The highest BCUT2D eigenvalue weighted by atomic mass is 16.3. The summed E-state index contributed by atoms with van der Waals surface area (Å²) in [5.41, 5.74) is 7.69. The van der Waals surface area contributed by atoms with Crippen LogP contribution in [0.5, 0.6) is 0 Å². The maximum absolute atomic E-state index is 5.70. The molecule has 0 radical (unpaired) electrons. The van der Waals surface area contributed by atoms with Crippen molar-refractivity contribution in [3.05, 3.63) is 102 Å². The number of benzene rings is 2. The van der Waals surface area contributed by atoms with E-state index in [1.54, 1.807) is 0 Å². The number of fused-ring (bicyclic) bond motifs is 1. The molecule has 2 atom stereocenters. The van der Waals surface area contributed by atoms with Gasteiger partial charge in [0.1, 0.15) is 17.6 Å². The predicted molar refractivity (Wildman–Crippen MR) is 175 cm³/mol. The van der Waals surface area contributed by atoms with E-state index in [4.69, 9.17) is 19.4 Å². The van der Waals surface area contributed by atoms with E-state index in [0.29, 0.717) is 0 Å². The van der Waals surface area contributed by atoms with Gasteiger partial charge in [-0.2, -0.15) is 0 Å². The first-order chi connectivity index (χ1) is 21.4. The first kappa shape index (κ1) is 28.0. The van der Waals surface area contributed by atoms with E-state index in [1.807, 2.05) is 44.3 Å². The van der Waals surface area contributed by atoms with Crippen molar-refractivity contribution < 1.29 is 4.42 Å². The minimum Gasteiger partial charge on any atom is -0.464 e. The smallest absolute Gasteiger partial charge is 0.225 e. The van der Waals surface area contributed by atoms with Crippen LogP contribution in [0.3, 0.4) is 0 Å². The quantitative estimate of drug-likeness (QED) is 0.228. The molecule has 224 valence electrons. The third-order valence-electron chi connectivity index (χ3n) is 8.98. The zero-order chi connectivity index (χ0) is 30.2. The largest absolute Gasteiger partial charge is 0.464 e. The molecule has 9 heteroatoms. The lowest BCUT2D eigenvalue weighted by Gasteiger charge is -2.38. The fraction of sp³-hybridized carbons (Fsp3) is 0.314. The van der Waals surface area contributed by atoms with Crippen LogP contribution in [0.2, 0.25) is 0 Å². The van der Waals surface area contributed by atoms with Crippen molar-refractivity contribution in [2.45, 2.75) is 39.5 Å². The molecule has 1 saturated heterocycles. The zero-order valence-corrected chi connectivity index (χ0v) is 25.8. The second-order valence-electron chi connectivity index (χ2n) is 11.8. The van der Waals surface area contributed by atoms with Crippen LogP contribution in [0.25, 0.3) is 27.8 Å². The summed E-state index contributed by atoms with van der Waals surface area (Å²) < 4.78 is 7.79. The van der Waals surface area contributed by atoms with Gasteiger partial charge in [0.05, 0.1) is 18.8 Å². The number of piperazine rings is 1. The van der Waals surface area contributed by atoms with Crippen LogP contribution in [0, 0.1) is 6.92 Å². The molecule has 5 heterocycles. The minimum absolute atomic E-state index is 0.00149. The first-order valence-corrected chi connectivity index (χ1v) is 15.3. The Hall–Kier alpha value is -4.76. The summed E-state index contributed by atoms with van der Waals surface area (Å²) in [7, 11) is 2.05. The lowest BCUT2D eigenvalue weighted by Crippen LogP contribution is -2.46. The number of nitrogens with zero attached hydrogens (tertiary/aromatic N) is 8. The number of aryl methyl sites for hydroxylation is 2. The maximum atomic E-state index is 5.70. The molecule has 2 aliphatic rings. The summed E-state index contributed by atoms with van der Waals surface area (Å²) in [6, 6.07) is 15.2. The zero-order valence-electron chi connectivity index (χ0n) is 25.8. The molecule has 5 aromatic rings. The van der Waals surface area contributed by atoms with Crippen LogP contribution < -0.4 is 4.90 Å². The van der Waals surface area contributed by atoms with Crippen molar-refractivity contribution in [3.8, 4) is 11.1 Å². The average molecular weight is 587 g/mol. The van der Waals surface area contributed by atoms with Crippen LogP contribution in [-0.4, -0.2) is 67.9 Å². The molecule has 0 N–H and O–H groups in total. The number of rotatable bonds is 7. The van der Waals surface area contributed by atoms with Crippen LogP contribution in [-0.2, 0) is 13.6 Å². The highest BCUT2D eigenvalue weighted by Crippen LogP contribution is 2.36. The van der Waals surface area contributed by atoms with Gasteiger partial charge in [-0.05, 0) is 73.4 Å². The summed E-state index contributed by atoms with van der Waals surface area (Å²) in [6.07, 6.45) is 13.6. The van der Waals surface area contributed by atoms with E-state index >= 15 is 0 Å². The van der Waals surface area contributed by atoms with Crippen LogP contribution in [0.1, 0.15) is 42.4 Å².